The van der Waals surface area contributed by atoms with Crippen LogP contribution in [0.15, 0.2) is 28.1 Å². The molecule has 4 rings (SSSR count). The zero-order valence-corrected chi connectivity index (χ0v) is 12.3. The molecule has 1 N–H and O–H groups in total. The molecule has 1 aromatic carbocycles. The molecule has 0 spiro atoms. The van der Waals surface area contributed by atoms with Crippen molar-refractivity contribution in [3.63, 3.8) is 0 Å². The Morgan fingerprint density at radius 3 is 3.00 bits per heavy atom. The van der Waals surface area contributed by atoms with E-state index in [4.69, 9.17) is 9.52 Å². The maximum Gasteiger partial charge on any atom is 0.335 e. The van der Waals surface area contributed by atoms with Crippen LogP contribution < -0.4 is 0 Å². The lowest BCUT2D eigenvalue weighted by atomic mass is 10.2. The Kier molecular flexibility index (Phi) is 3.04. The van der Waals surface area contributed by atoms with Crippen LogP contribution in [0.3, 0.4) is 0 Å². The number of carboxylic acid groups (broad SMARTS) is 1. The Morgan fingerprint density at radius 2 is 2.23 bits per heavy atom. The maximum absolute atomic E-state index is 11.0. The number of rotatable bonds is 4. The zero-order valence-electron chi connectivity index (χ0n) is 11.5. The molecule has 0 saturated heterocycles. The first kappa shape index (κ1) is 13.2. The standard InChI is InChI=1S/C16H12N2O3S/c19-16(20)10-3-4-11-12(7-10)21-14(18-11)6-5-13-15(9-1-2-9)17-8-22-13/h3-9H,1-2H2,(H,19,20). The molecule has 0 atom stereocenters. The SMILES string of the molecule is O=C(O)c1ccc2nc(C=Cc3scnc3C3CC3)oc2c1. The lowest BCUT2D eigenvalue weighted by Crippen LogP contribution is -1.94. The summed E-state index contributed by atoms with van der Waals surface area (Å²) in [6, 6.07) is 4.67. The lowest BCUT2D eigenvalue weighted by Gasteiger charge is -1.92. The summed E-state index contributed by atoms with van der Waals surface area (Å²) in [4.78, 5) is 20.8. The fourth-order valence-electron chi connectivity index (χ4n) is 2.35. The third-order valence-corrected chi connectivity index (χ3v) is 4.43. The summed E-state index contributed by atoms with van der Waals surface area (Å²) >= 11 is 1.61. The van der Waals surface area contributed by atoms with Crippen molar-refractivity contribution >= 4 is 40.6 Å². The highest BCUT2D eigenvalue weighted by molar-refractivity contribution is 7.10. The molecule has 1 aliphatic carbocycles. The summed E-state index contributed by atoms with van der Waals surface area (Å²) in [5.74, 6) is 0.0921. The molecule has 1 saturated carbocycles. The minimum Gasteiger partial charge on any atom is -0.478 e. The second kappa shape index (κ2) is 5.06. The van der Waals surface area contributed by atoms with Gasteiger partial charge in [0.25, 0.3) is 0 Å². The van der Waals surface area contributed by atoms with Gasteiger partial charge in [0.15, 0.2) is 5.58 Å². The predicted octanol–water partition coefficient (Wildman–Crippen LogP) is 4.03. The van der Waals surface area contributed by atoms with Gasteiger partial charge in [-0.1, -0.05) is 0 Å². The van der Waals surface area contributed by atoms with E-state index >= 15 is 0 Å². The van der Waals surface area contributed by atoms with E-state index in [1.807, 2.05) is 11.6 Å². The minimum atomic E-state index is -0.978. The zero-order chi connectivity index (χ0) is 15.1. The van der Waals surface area contributed by atoms with Gasteiger partial charge in [-0.2, -0.15) is 0 Å². The van der Waals surface area contributed by atoms with Crippen molar-refractivity contribution < 1.29 is 14.3 Å². The molecule has 0 unspecified atom stereocenters. The molecular weight excluding hydrogens is 300 g/mol. The Labute approximate surface area is 129 Å². The third-order valence-electron chi connectivity index (χ3n) is 3.62. The Morgan fingerprint density at radius 1 is 1.36 bits per heavy atom. The molecule has 22 heavy (non-hydrogen) atoms. The Hall–Kier alpha value is -2.47. The van der Waals surface area contributed by atoms with E-state index in [0.717, 1.165) is 10.6 Å². The van der Waals surface area contributed by atoms with E-state index in [1.54, 1.807) is 23.5 Å². The number of hydrogen-bond acceptors (Lipinski definition) is 5. The normalized spacial score (nSPS) is 14.9. The van der Waals surface area contributed by atoms with Crippen LogP contribution in [0.2, 0.25) is 0 Å². The van der Waals surface area contributed by atoms with Gasteiger partial charge in [0.2, 0.25) is 5.89 Å². The molecule has 0 amide bonds. The van der Waals surface area contributed by atoms with Gasteiger partial charge in [-0.15, -0.1) is 11.3 Å². The van der Waals surface area contributed by atoms with Crippen molar-refractivity contribution in [1.29, 1.82) is 0 Å². The predicted molar refractivity (Wildman–Crippen MR) is 84.0 cm³/mol. The fourth-order valence-corrected chi connectivity index (χ4v) is 3.11. The van der Waals surface area contributed by atoms with Crippen LogP contribution in [-0.4, -0.2) is 21.0 Å². The molecule has 110 valence electrons. The van der Waals surface area contributed by atoms with E-state index in [-0.39, 0.29) is 5.56 Å². The van der Waals surface area contributed by atoms with Crippen LogP contribution in [0.5, 0.6) is 0 Å². The van der Waals surface area contributed by atoms with Gasteiger partial charge in [0.05, 0.1) is 21.6 Å². The average molecular weight is 312 g/mol. The number of nitrogens with zero attached hydrogens (tertiary/aromatic N) is 2. The van der Waals surface area contributed by atoms with Gasteiger partial charge in [-0.25, -0.2) is 14.8 Å². The number of fused-ring (bicyclic) bond motifs is 1. The van der Waals surface area contributed by atoms with Crippen molar-refractivity contribution in [3.05, 3.63) is 45.7 Å². The highest BCUT2D eigenvalue weighted by Gasteiger charge is 2.27. The Balaban J connectivity index is 1.64. The van der Waals surface area contributed by atoms with Gasteiger partial charge >= 0.3 is 5.97 Å². The topological polar surface area (TPSA) is 76.2 Å². The molecule has 3 aromatic rings. The number of aromatic carboxylic acids is 1. The van der Waals surface area contributed by atoms with Crippen LogP contribution in [0.4, 0.5) is 0 Å². The molecule has 0 bridgehead atoms. The van der Waals surface area contributed by atoms with Crippen molar-refractivity contribution in [1.82, 2.24) is 9.97 Å². The van der Waals surface area contributed by atoms with E-state index in [2.05, 4.69) is 9.97 Å². The molecule has 1 fully saturated rings. The first-order valence-corrected chi connectivity index (χ1v) is 7.84. The highest BCUT2D eigenvalue weighted by atomic mass is 32.1. The first-order valence-electron chi connectivity index (χ1n) is 6.96. The van der Waals surface area contributed by atoms with Crippen molar-refractivity contribution in [2.75, 3.05) is 0 Å². The lowest BCUT2D eigenvalue weighted by molar-refractivity contribution is 0.0697. The Bertz CT molecular complexity index is 890. The second-order valence-electron chi connectivity index (χ2n) is 5.25. The average Bonchev–Trinajstić information content (AvgIpc) is 3.10. The summed E-state index contributed by atoms with van der Waals surface area (Å²) < 4.78 is 5.60. The minimum absolute atomic E-state index is 0.192. The summed E-state index contributed by atoms with van der Waals surface area (Å²) in [6.07, 6.45) is 6.20. The quantitative estimate of drug-likeness (QED) is 0.787. The van der Waals surface area contributed by atoms with E-state index in [9.17, 15) is 4.79 Å². The number of oxazole rings is 1. The summed E-state index contributed by atoms with van der Waals surface area (Å²) in [5, 5.41) is 8.99. The van der Waals surface area contributed by atoms with E-state index in [0.29, 0.717) is 22.9 Å². The fraction of sp³-hybridized carbons (Fsp3) is 0.188. The van der Waals surface area contributed by atoms with Crippen molar-refractivity contribution in [2.24, 2.45) is 0 Å². The molecule has 5 nitrogen and oxygen atoms in total. The van der Waals surface area contributed by atoms with Crippen LogP contribution in [0.25, 0.3) is 23.3 Å². The highest BCUT2D eigenvalue weighted by Crippen LogP contribution is 2.42. The van der Waals surface area contributed by atoms with Gasteiger partial charge in [-0.3, -0.25) is 0 Å². The molecular formula is C16H12N2O3S. The second-order valence-corrected chi connectivity index (χ2v) is 6.14. The van der Waals surface area contributed by atoms with Crippen LogP contribution in [0.1, 0.15) is 45.6 Å². The maximum atomic E-state index is 11.0. The number of benzene rings is 1. The molecule has 6 heteroatoms. The monoisotopic (exact) mass is 312 g/mol. The van der Waals surface area contributed by atoms with E-state index < -0.39 is 5.97 Å². The van der Waals surface area contributed by atoms with Gasteiger partial charge in [-0.05, 0) is 37.1 Å². The number of carboxylic acids is 1. The number of carbonyl (C=O) groups is 1. The summed E-state index contributed by atoms with van der Waals surface area (Å²) in [6.45, 7) is 0. The molecule has 2 aromatic heterocycles. The molecule has 0 aliphatic heterocycles. The van der Waals surface area contributed by atoms with E-state index in [1.165, 1.54) is 25.0 Å². The van der Waals surface area contributed by atoms with Gasteiger partial charge in [0, 0.05) is 12.0 Å². The largest absolute Gasteiger partial charge is 0.478 e. The van der Waals surface area contributed by atoms with Crippen LogP contribution in [-0.2, 0) is 0 Å². The number of aromatic nitrogens is 2. The van der Waals surface area contributed by atoms with Crippen LogP contribution in [0, 0.1) is 0 Å². The van der Waals surface area contributed by atoms with Gasteiger partial charge < -0.3 is 9.52 Å². The van der Waals surface area contributed by atoms with Crippen molar-refractivity contribution in [3.8, 4) is 0 Å². The molecule has 2 heterocycles. The summed E-state index contributed by atoms with van der Waals surface area (Å²) in [5.41, 5.74) is 4.34. The number of thiazole rings is 1. The van der Waals surface area contributed by atoms with Crippen LogP contribution >= 0.6 is 11.3 Å². The molecule has 0 radical (unpaired) electrons. The third kappa shape index (κ3) is 2.42. The number of hydrogen-bond donors (Lipinski definition) is 1. The smallest absolute Gasteiger partial charge is 0.335 e. The summed E-state index contributed by atoms with van der Waals surface area (Å²) in [7, 11) is 0. The van der Waals surface area contributed by atoms with Gasteiger partial charge in [0.1, 0.15) is 5.52 Å². The molecule has 1 aliphatic rings. The first-order chi connectivity index (χ1) is 10.7. The van der Waals surface area contributed by atoms with Crippen molar-refractivity contribution in [2.45, 2.75) is 18.8 Å².